The Bertz CT molecular complexity index is 1210. The van der Waals surface area contributed by atoms with Gasteiger partial charge in [0.15, 0.2) is 11.5 Å². The summed E-state index contributed by atoms with van der Waals surface area (Å²) < 4.78 is 43.4. The molecular formula is C18H11BrCl2F3N5O2S. The van der Waals surface area contributed by atoms with Crippen molar-refractivity contribution in [2.45, 2.75) is 6.18 Å². The lowest BCUT2D eigenvalue weighted by molar-refractivity contribution is -0.141. The number of nitrogens with one attached hydrogen (secondary N) is 2. The van der Waals surface area contributed by atoms with Crippen LogP contribution in [-0.4, -0.2) is 32.8 Å². The number of halogens is 6. The Labute approximate surface area is 201 Å². The number of carbonyl (C=O) groups is 2. The summed E-state index contributed by atoms with van der Waals surface area (Å²) in [5, 5.41) is 6.09. The van der Waals surface area contributed by atoms with Crippen LogP contribution in [0.2, 0.25) is 10.0 Å². The van der Waals surface area contributed by atoms with Crippen LogP contribution >= 0.6 is 51.1 Å². The first kappa shape index (κ1) is 24.4. The number of pyridine rings is 1. The van der Waals surface area contributed by atoms with Crippen molar-refractivity contribution >= 4 is 68.6 Å². The van der Waals surface area contributed by atoms with Gasteiger partial charge in [0, 0.05) is 28.0 Å². The molecule has 0 bridgehead atoms. The number of alkyl halides is 3. The number of amides is 2. The van der Waals surface area contributed by atoms with Crippen LogP contribution < -0.4 is 10.0 Å². The molecule has 2 heterocycles. The third kappa shape index (κ3) is 5.20. The third-order valence-corrected chi connectivity index (χ3v) is 5.43. The van der Waals surface area contributed by atoms with Crippen molar-refractivity contribution in [3.8, 4) is 5.82 Å². The number of anilines is 1. The zero-order valence-electron chi connectivity index (χ0n) is 15.8. The van der Waals surface area contributed by atoms with Crippen LogP contribution in [0.25, 0.3) is 5.82 Å². The number of hydrogen-bond acceptors (Lipinski definition) is 5. The van der Waals surface area contributed by atoms with Crippen LogP contribution in [-0.2, 0) is 6.18 Å². The van der Waals surface area contributed by atoms with Crippen molar-refractivity contribution < 1.29 is 22.8 Å². The molecule has 0 saturated carbocycles. The van der Waals surface area contributed by atoms with Crippen LogP contribution in [0.5, 0.6) is 0 Å². The lowest BCUT2D eigenvalue weighted by atomic mass is 10.1. The van der Waals surface area contributed by atoms with Gasteiger partial charge in [0.05, 0.1) is 16.3 Å². The van der Waals surface area contributed by atoms with E-state index >= 15 is 0 Å². The van der Waals surface area contributed by atoms with Crippen molar-refractivity contribution in [3.05, 3.63) is 68.0 Å². The van der Waals surface area contributed by atoms with Gasteiger partial charge < -0.3 is 5.32 Å². The standard InChI is InChI=1S/C18H11BrCl2F3N5O2S/c1-32-28-16(30)9-5-8(20)6-10(19)14(9)26-17(31)12-7-13(18(22,23)24)27-29(12)15-11(21)3-2-4-25-15/h2-7H,1H3,(H,26,31)(H,28,30). The predicted molar refractivity (Wildman–Crippen MR) is 119 cm³/mol. The first-order valence-electron chi connectivity index (χ1n) is 8.44. The molecule has 0 saturated heterocycles. The summed E-state index contributed by atoms with van der Waals surface area (Å²) in [4.78, 5) is 29.3. The Morgan fingerprint density at radius 3 is 2.53 bits per heavy atom. The van der Waals surface area contributed by atoms with Gasteiger partial charge in [-0.3, -0.25) is 14.3 Å². The van der Waals surface area contributed by atoms with Crippen molar-refractivity contribution in [1.29, 1.82) is 0 Å². The zero-order chi connectivity index (χ0) is 23.6. The Morgan fingerprint density at radius 1 is 1.19 bits per heavy atom. The number of carbonyl (C=O) groups excluding carboxylic acids is 2. The highest BCUT2D eigenvalue weighted by molar-refractivity contribution is 9.10. The summed E-state index contributed by atoms with van der Waals surface area (Å²) >= 11 is 16.3. The van der Waals surface area contributed by atoms with Crippen LogP contribution in [0.1, 0.15) is 26.5 Å². The van der Waals surface area contributed by atoms with Gasteiger partial charge in [0.2, 0.25) is 0 Å². The molecule has 168 valence electrons. The Hall–Kier alpha value is -2.28. The topological polar surface area (TPSA) is 88.9 Å². The van der Waals surface area contributed by atoms with Gasteiger partial charge in [-0.25, -0.2) is 9.67 Å². The third-order valence-electron chi connectivity index (χ3n) is 3.91. The number of rotatable bonds is 5. The molecule has 0 spiro atoms. The van der Waals surface area contributed by atoms with E-state index in [1.54, 1.807) is 6.26 Å². The first-order chi connectivity index (χ1) is 15.0. The molecule has 2 aromatic heterocycles. The van der Waals surface area contributed by atoms with E-state index in [0.717, 1.165) is 11.9 Å². The fourth-order valence-electron chi connectivity index (χ4n) is 2.58. The summed E-state index contributed by atoms with van der Waals surface area (Å²) in [6.07, 6.45) is -1.92. The summed E-state index contributed by atoms with van der Waals surface area (Å²) in [6, 6.07) is 6.15. The average molecular weight is 569 g/mol. The molecule has 2 amide bonds. The van der Waals surface area contributed by atoms with E-state index in [2.05, 4.69) is 36.1 Å². The predicted octanol–water partition coefficient (Wildman–Crippen LogP) is 5.62. The van der Waals surface area contributed by atoms with Crippen molar-refractivity contribution in [1.82, 2.24) is 19.5 Å². The summed E-state index contributed by atoms with van der Waals surface area (Å²) in [7, 11) is 0. The summed E-state index contributed by atoms with van der Waals surface area (Å²) in [5.41, 5.74) is -1.83. The highest BCUT2D eigenvalue weighted by atomic mass is 79.9. The average Bonchev–Trinajstić information content (AvgIpc) is 3.16. The van der Waals surface area contributed by atoms with Gasteiger partial charge in [-0.1, -0.05) is 35.1 Å². The molecule has 0 radical (unpaired) electrons. The minimum absolute atomic E-state index is 0.000577. The molecular weight excluding hydrogens is 558 g/mol. The Morgan fingerprint density at radius 2 is 1.91 bits per heavy atom. The Balaban J connectivity index is 2.11. The molecule has 32 heavy (non-hydrogen) atoms. The molecule has 0 aliphatic heterocycles. The normalized spacial score (nSPS) is 11.3. The van der Waals surface area contributed by atoms with E-state index in [9.17, 15) is 22.8 Å². The largest absolute Gasteiger partial charge is 0.435 e. The monoisotopic (exact) mass is 567 g/mol. The Kier molecular flexibility index (Phi) is 7.38. The van der Waals surface area contributed by atoms with Crippen molar-refractivity contribution in [2.24, 2.45) is 0 Å². The van der Waals surface area contributed by atoms with Gasteiger partial charge >= 0.3 is 6.18 Å². The maximum absolute atomic E-state index is 13.3. The fourth-order valence-corrected chi connectivity index (χ4v) is 3.99. The minimum Gasteiger partial charge on any atom is -0.319 e. The van der Waals surface area contributed by atoms with Crippen LogP contribution in [0.3, 0.4) is 0 Å². The van der Waals surface area contributed by atoms with Gasteiger partial charge in [0.25, 0.3) is 11.8 Å². The molecule has 3 rings (SSSR count). The number of aromatic nitrogens is 3. The zero-order valence-corrected chi connectivity index (χ0v) is 19.7. The van der Waals surface area contributed by atoms with E-state index < -0.39 is 29.4 Å². The molecule has 0 aliphatic carbocycles. The second-order valence-electron chi connectivity index (χ2n) is 6.03. The molecule has 0 unspecified atom stereocenters. The van der Waals surface area contributed by atoms with Crippen molar-refractivity contribution in [3.63, 3.8) is 0 Å². The number of nitrogens with zero attached hydrogens (tertiary/aromatic N) is 3. The highest BCUT2D eigenvalue weighted by Gasteiger charge is 2.37. The SMILES string of the molecule is CSNC(=O)c1cc(Cl)cc(Br)c1NC(=O)c1cc(C(F)(F)F)nn1-c1ncccc1Cl. The van der Waals surface area contributed by atoms with E-state index in [0.29, 0.717) is 10.7 Å². The smallest absolute Gasteiger partial charge is 0.319 e. The van der Waals surface area contributed by atoms with Gasteiger partial charge in [0.1, 0.15) is 5.69 Å². The number of hydrogen-bond donors (Lipinski definition) is 2. The molecule has 0 atom stereocenters. The number of benzene rings is 1. The maximum atomic E-state index is 13.3. The molecule has 7 nitrogen and oxygen atoms in total. The minimum atomic E-state index is -4.83. The van der Waals surface area contributed by atoms with E-state index in [-0.39, 0.29) is 31.6 Å². The second kappa shape index (κ2) is 9.69. The molecule has 1 aromatic carbocycles. The van der Waals surface area contributed by atoms with E-state index in [1.165, 1.54) is 30.5 Å². The van der Waals surface area contributed by atoms with Crippen molar-refractivity contribution in [2.75, 3.05) is 11.6 Å². The highest BCUT2D eigenvalue weighted by Crippen LogP contribution is 2.33. The van der Waals surface area contributed by atoms with Gasteiger partial charge in [-0.2, -0.15) is 18.3 Å². The first-order valence-corrected chi connectivity index (χ1v) is 11.2. The second-order valence-corrected chi connectivity index (χ2v) is 8.34. The maximum Gasteiger partial charge on any atom is 0.435 e. The summed E-state index contributed by atoms with van der Waals surface area (Å²) in [5.74, 6) is -1.74. The molecule has 3 aromatic rings. The summed E-state index contributed by atoms with van der Waals surface area (Å²) in [6.45, 7) is 0. The van der Waals surface area contributed by atoms with E-state index in [4.69, 9.17) is 23.2 Å². The van der Waals surface area contributed by atoms with Crippen LogP contribution in [0.15, 0.2) is 41.0 Å². The van der Waals surface area contributed by atoms with Crippen LogP contribution in [0, 0.1) is 0 Å². The van der Waals surface area contributed by atoms with Crippen LogP contribution in [0.4, 0.5) is 18.9 Å². The molecule has 14 heteroatoms. The molecule has 2 N–H and O–H groups in total. The molecule has 0 aliphatic rings. The van der Waals surface area contributed by atoms with E-state index in [1.807, 2.05) is 0 Å². The van der Waals surface area contributed by atoms with Gasteiger partial charge in [-0.05, 0) is 40.2 Å². The van der Waals surface area contributed by atoms with Gasteiger partial charge in [-0.15, -0.1) is 0 Å². The fraction of sp³-hybridized carbons (Fsp3) is 0.111. The molecule has 0 fully saturated rings. The quantitative estimate of drug-likeness (QED) is 0.390. The lowest BCUT2D eigenvalue weighted by Gasteiger charge is -2.14. The lowest BCUT2D eigenvalue weighted by Crippen LogP contribution is -2.22.